The fraction of sp³-hybridized carbons (Fsp3) is 0.586. The maximum Gasteiger partial charge on any atom is 0.336 e. The lowest BCUT2D eigenvalue weighted by Crippen LogP contribution is -2.50. The summed E-state index contributed by atoms with van der Waals surface area (Å²) in [5.74, 6) is -5.02. The van der Waals surface area contributed by atoms with Crippen LogP contribution in [0, 0.1) is 12.3 Å². The minimum Gasteiger partial charge on any atom is -0.481 e. The highest BCUT2D eigenvalue weighted by Gasteiger charge is 2.41. The van der Waals surface area contributed by atoms with E-state index in [0.29, 0.717) is 5.41 Å². The van der Waals surface area contributed by atoms with Crippen molar-refractivity contribution >= 4 is 29.2 Å². The lowest BCUT2D eigenvalue weighted by atomic mass is 9.74. The summed E-state index contributed by atoms with van der Waals surface area (Å²) in [6.45, 7) is 12.8. The molecule has 11 heteroatoms. The molecular weight excluding hydrogens is 536 g/mol. The monoisotopic (exact) mass is 578 g/mol. The summed E-state index contributed by atoms with van der Waals surface area (Å²) in [7, 11) is 0. The first-order chi connectivity index (χ1) is 18.7. The quantitative estimate of drug-likeness (QED) is 0.272. The third-order valence-corrected chi connectivity index (χ3v) is 8.55. The molecule has 0 unspecified atom stereocenters. The Balaban J connectivity index is 0.000000366. The highest BCUT2D eigenvalue weighted by atomic mass is 32.1. The summed E-state index contributed by atoms with van der Waals surface area (Å²) < 4.78 is 5.94. The number of hydrogen-bond acceptors (Lipinski definition) is 8. The molecule has 40 heavy (non-hydrogen) atoms. The van der Waals surface area contributed by atoms with E-state index in [-0.39, 0.29) is 5.54 Å². The highest BCUT2D eigenvalue weighted by molar-refractivity contribution is 7.09. The van der Waals surface area contributed by atoms with Crippen molar-refractivity contribution in [2.75, 3.05) is 26.3 Å². The van der Waals surface area contributed by atoms with Crippen molar-refractivity contribution in [1.29, 1.82) is 0 Å². The number of pyridine rings is 1. The van der Waals surface area contributed by atoms with Crippen LogP contribution in [0.1, 0.15) is 69.0 Å². The van der Waals surface area contributed by atoms with Gasteiger partial charge in [0.05, 0.1) is 19.4 Å². The van der Waals surface area contributed by atoms with Gasteiger partial charge in [0.25, 0.3) is 0 Å². The molecule has 1 aliphatic heterocycles. The topological polar surface area (TPSA) is 157 Å². The van der Waals surface area contributed by atoms with Crippen LogP contribution in [0.25, 0.3) is 0 Å². The summed E-state index contributed by atoms with van der Waals surface area (Å²) in [6.07, 6.45) is 4.59. The molecule has 0 aliphatic carbocycles. The van der Waals surface area contributed by atoms with E-state index in [9.17, 15) is 14.4 Å². The number of likely N-dealkylation sites (tertiary alicyclic amines) is 1. The van der Waals surface area contributed by atoms with Gasteiger partial charge in [-0.3, -0.25) is 19.5 Å². The molecule has 0 amide bonds. The number of carboxylic acids is 3. The minimum atomic E-state index is -2.74. The van der Waals surface area contributed by atoms with E-state index in [2.05, 4.69) is 60.3 Å². The average molecular weight is 579 g/mol. The Kier molecular flexibility index (Phi) is 12.2. The maximum atomic E-state index is 10.3. The normalized spacial score (nSPS) is 15.6. The molecule has 0 atom stereocenters. The van der Waals surface area contributed by atoms with Gasteiger partial charge in [0.2, 0.25) is 0 Å². The van der Waals surface area contributed by atoms with Crippen molar-refractivity contribution in [3.05, 3.63) is 52.0 Å². The van der Waals surface area contributed by atoms with Crippen LogP contribution < -0.4 is 0 Å². The molecule has 0 bridgehead atoms. The Labute approximate surface area is 239 Å². The van der Waals surface area contributed by atoms with E-state index in [1.807, 2.05) is 24.5 Å². The lowest BCUT2D eigenvalue weighted by Gasteiger charge is -2.48. The molecule has 2 aromatic heterocycles. The molecular formula is C29H42N2O8S. The molecule has 2 aromatic rings. The SMILES string of the molecule is CCOCC1(CCc2cccs2)CCN(C(C)(C)c2ccc(C)nc2)CC1.O=C(O)CC(O)(CC(=O)O)C(=O)O. The largest absolute Gasteiger partial charge is 0.481 e. The van der Waals surface area contributed by atoms with Crippen LogP contribution in [0.3, 0.4) is 0 Å². The van der Waals surface area contributed by atoms with Crippen molar-refractivity contribution in [1.82, 2.24) is 9.88 Å². The van der Waals surface area contributed by atoms with E-state index in [0.717, 1.165) is 32.0 Å². The van der Waals surface area contributed by atoms with Crippen LogP contribution in [-0.4, -0.2) is 80.1 Å². The second-order valence-electron chi connectivity index (χ2n) is 10.9. The van der Waals surface area contributed by atoms with Crippen molar-refractivity contribution in [3.63, 3.8) is 0 Å². The number of ether oxygens (including phenoxy) is 1. The van der Waals surface area contributed by atoms with Crippen LogP contribution in [0.5, 0.6) is 0 Å². The standard InChI is InChI=1S/C23H34N2OS.C6H8O7/c1-5-26-18-23(11-10-21-7-6-16-27-21)12-14-25(15-13-23)22(3,4)20-9-8-19(2)24-17-20;7-3(8)1-6(13,5(11)12)2-4(9)10/h6-9,16-17H,5,10-15,18H2,1-4H3;13H,1-2H2,(H,7,8)(H,9,10)(H,11,12). The molecule has 0 saturated carbocycles. The number of aliphatic hydroxyl groups is 1. The second kappa shape index (κ2) is 14.7. The summed E-state index contributed by atoms with van der Waals surface area (Å²) in [5.41, 5.74) is -0.0105. The number of rotatable bonds is 13. The van der Waals surface area contributed by atoms with Crippen LogP contribution >= 0.6 is 11.3 Å². The van der Waals surface area contributed by atoms with Gasteiger partial charge in [0.1, 0.15) is 0 Å². The third kappa shape index (κ3) is 9.65. The summed E-state index contributed by atoms with van der Waals surface area (Å²) in [6, 6.07) is 8.79. The fourth-order valence-electron chi connectivity index (χ4n) is 4.89. The summed E-state index contributed by atoms with van der Waals surface area (Å²) in [4.78, 5) is 39.1. The average Bonchev–Trinajstić information content (AvgIpc) is 3.40. The van der Waals surface area contributed by atoms with Crippen molar-refractivity contribution in [2.45, 2.75) is 77.4 Å². The molecule has 10 nitrogen and oxygen atoms in total. The summed E-state index contributed by atoms with van der Waals surface area (Å²) in [5, 5.41) is 36.0. The molecule has 222 valence electrons. The predicted molar refractivity (Wildman–Crippen MR) is 151 cm³/mol. The number of piperidine rings is 1. The van der Waals surface area contributed by atoms with Gasteiger partial charge in [-0.25, -0.2) is 4.79 Å². The Bertz CT molecular complexity index is 1080. The molecule has 1 saturated heterocycles. The molecule has 3 rings (SSSR count). The number of thiophene rings is 1. The van der Waals surface area contributed by atoms with Crippen LogP contribution in [-0.2, 0) is 31.1 Å². The number of carbonyl (C=O) groups is 3. The number of aromatic nitrogens is 1. The number of carboxylic acid groups (broad SMARTS) is 3. The van der Waals surface area contributed by atoms with Gasteiger partial charge in [0.15, 0.2) is 5.60 Å². The van der Waals surface area contributed by atoms with Gasteiger partial charge < -0.3 is 25.2 Å². The predicted octanol–water partition coefficient (Wildman–Crippen LogP) is 4.19. The number of aryl methyl sites for hydroxylation is 2. The third-order valence-electron chi connectivity index (χ3n) is 7.61. The smallest absolute Gasteiger partial charge is 0.336 e. The van der Waals surface area contributed by atoms with E-state index in [1.165, 1.54) is 36.1 Å². The van der Waals surface area contributed by atoms with Gasteiger partial charge in [-0.15, -0.1) is 11.3 Å². The van der Waals surface area contributed by atoms with Crippen molar-refractivity contribution in [2.24, 2.45) is 5.41 Å². The molecule has 0 spiro atoms. The second-order valence-corrected chi connectivity index (χ2v) is 12.0. The van der Waals surface area contributed by atoms with Gasteiger partial charge in [-0.1, -0.05) is 12.1 Å². The maximum absolute atomic E-state index is 10.3. The van der Waals surface area contributed by atoms with Crippen LogP contribution in [0.15, 0.2) is 35.8 Å². The molecule has 4 N–H and O–H groups in total. The zero-order valence-electron chi connectivity index (χ0n) is 23.8. The van der Waals surface area contributed by atoms with Gasteiger partial charge in [-0.05, 0) is 95.0 Å². The van der Waals surface area contributed by atoms with Crippen LogP contribution in [0.4, 0.5) is 0 Å². The Morgan fingerprint density at radius 3 is 2.15 bits per heavy atom. The molecule has 0 aromatic carbocycles. The Morgan fingerprint density at radius 2 is 1.70 bits per heavy atom. The Hall–Kier alpha value is -2.86. The van der Waals surface area contributed by atoms with E-state index < -0.39 is 36.4 Å². The van der Waals surface area contributed by atoms with E-state index in [4.69, 9.17) is 25.2 Å². The molecule has 1 aliphatic rings. The first-order valence-corrected chi connectivity index (χ1v) is 14.3. The van der Waals surface area contributed by atoms with E-state index >= 15 is 0 Å². The summed E-state index contributed by atoms with van der Waals surface area (Å²) >= 11 is 1.88. The zero-order valence-corrected chi connectivity index (χ0v) is 24.6. The number of aliphatic carboxylic acids is 3. The van der Waals surface area contributed by atoms with Crippen molar-refractivity contribution < 1.29 is 39.5 Å². The number of nitrogens with zero attached hydrogens (tertiary/aromatic N) is 2. The van der Waals surface area contributed by atoms with E-state index in [1.54, 1.807) is 0 Å². The minimum absolute atomic E-state index is 0.0201. The molecule has 3 heterocycles. The fourth-order valence-corrected chi connectivity index (χ4v) is 5.60. The first-order valence-electron chi connectivity index (χ1n) is 13.4. The molecule has 1 fully saturated rings. The Morgan fingerprint density at radius 1 is 1.07 bits per heavy atom. The van der Waals surface area contributed by atoms with Gasteiger partial charge >= 0.3 is 17.9 Å². The molecule has 0 radical (unpaired) electrons. The van der Waals surface area contributed by atoms with Crippen molar-refractivity contribution in [3.8, 4) is 0 Å². The highest BCUT2D eigenvalue weighted by Crippen LogP contribution is 2.41. The lowest BCUT2D eigenvalue weighted by molar-refractivity contribution is -0.170. The van der Waals surface area contributed by atoms with Crippen LogP contribution in [0.2, 0.25) is 0 Å². The van der Waals surface area contributed by atoms with Gasteiger partial charge in [-0.2, -0.15) is 0 Å². The first kappa shape index (κ1) is 33.3. The zero-order chi connectivity index (χ0) is 30.0. The number of hydrogen-bond donors (Lipinski definition) is 4. The van der Waals surface area contributed by atoms with Gasteiger partial charge in [0, 0.05) is 28.9 Å².